The van der Waals surface area contributed by atoms with Crippen LogP contribution in [0.2, 0.25) is 0 Å². The topological polar surface area (TPSA) is 0 Å². The third-order valence-electron chi connectivity index (χ3n) is 2.71. The minimum atomic E-state index is 0. The number of rotatable bonds is 0. The zero-order valence-electron chi connectivity index (χ0n) is 8.03. The van der Waals surface area contributed by atoms with E-state index in [4.69, 9.17) is 0 Å². The van der Waals surface area contributed by atoms with E-state index in [-0.39, 0.29) is 23.9 Å². The van der Waals surface area contributed by atoms with E-state index < -0.39 is 0 Å². The van der Waals surface area contributed by atoms with Gasteiger partial charge in [-0.05, 0) is 28.7 Å². The Balaban J connectivity index is 0.000000750. The molecule has 14 heavy (non-hydrogen) atoms. The van der Waals surface area contributed by atoms with Gasteiger partial charge in [-0.3, -0.25) is 0 Å². The molecule has 1 heteroatoms. The Hall–Kier alpha value is -0.761. The molecule has 0 unspecified atom stereocenters. The van der Waals surface area contributed by atoms with Gasteiger partial charge in [-0.2, -0.15) is 0 Å². The van der Waals surface area contributed by atoms with Crippen molar-refractivity contribution in [1.29, 1.82) is 0 Å². The van der Waals surface area contributed by atoms with E-state index in [2.05, 4.69) is 48.5 Å². The number of fused-ring (bicyclic) bond motifs is 3. The fourth-order valence-corrected chi connectivity index (χ4v) is 2.08. The maximum absolute atomic E-state index is 2.22. The molecular formula is C13H12Sn. The summed E-state index contributed by atoms with van der Waals surface area (Å²) in [6.07, 6.45) is 1.10. The van der Waals surface area contributed by atoms with Crippen LogP contribution >= 0.6 is 0 Å². The summed E-state index contributed by atoms with van der Waals surface area (Å²) >= 11 is 0. The van der Waals surface area contributed by atoms with Gasteiger partial charge in [-0.1, -0.05) is 48.5 Å². The zero-order valence-corrected chi connectivity index (χ0v) is 12.1. The van der Waals surface area contributed by atoms with E-state index in [1.807, 2.05) is 0 Å². The zero-order chi connectivity index (χ0) is 8.67. The summed E-state index contributed by atoms with van der Waals surface area (Å²) in [6, 6.07) is 17.3. The normalized spacial score (nSPS) is 11.4. The Labute approximate surface area is 101 Å². The molecule has 0 saturated heterocycles. The molecule has 0 saturated carbocycles. The molecule has 0 aromatic heterocycles. The number of hydrogen-bond acceptors (Lipinski definition) is 0. The van der Waals surface area contributed by atoms with Crippen LogP contribution in [0.3, 0.4) is 0 Å². The Bertz CT molecular complexity index is 417. The molecule has 0 nitrogen and oxygen atoms in total. The van der Waals surface area contributed by atoms with Crippen molar-refractivity contribution in [2.75, 3.05) is 0 Å². The van der Waals surface area contributed by atoms with E-state index in [0.717, 1.165) is 6.42 Å². The Morgan fingerprint density at radius 1 is 0.643 bits per heavy atom. The van der Waals surface area contributed by atoms with Gasteiger partial charge in [-0.25, -0.2) is 0 Å². The van der Waals surface area contributed by atoms with E-state index in [1.54, 1.807) is 0 Å². The van der Waals surface area contributed by atoms with Gasteiger partial charge in [0.25, 0.3) is 0 Å². The quantitative estimate of drug-likeness (QED) is 0.557. The van der Waals surface area contributed by atoms with Crippen LogP contribution in [0.1, 0.15) is 11.1 Å². The van der Waals surface area contributed by atoms with Crippen molar-refractivity contribution in [2.45, 2.75) is 6.42 Å². The van der Waals surface area contributed by atoms with E-state index in [1.165, 1.54) is 22.3 Å². The second kappa shape index (κ2) is 3.77. The van der Waals surface area contributed by atoms with Crippen molar-refractivity contribution in [1.82, 2.24) is 0 Å². The SMILES string of the molecule is [SnH2].c1ccc2c(c1)Cc1ccccc1-2. The first-order valence-corrected chi connectivity index (χ1v) is 4.61. The summed E-state index contributed by atoms with van der Waals surface area (Å²) in [5.74, 6) is 0. The summed E-state index contributed by atoms with van der Waals surface area (Å²) in [6.45, 7) is 0. The van der Waals surface area contributed by atoms with Gasteiger partial charge in [0, 0.05) is 0 Å². The van der Waals surface area contributed by atoms with Crippen LogP contribution in [0.25, 0.3) is 11.1 Å². The summed E-state index contributed by atoms with van der Waals surface area (Å²) in [5, 5.41) is 0. The summed E-state index contributed by atoms with van der Waals surface area (Å²) in [5.41, 5.74) is 5.75. The number of benzene rings is 2. The maximum atomic E-state index is 2.22. The molecule has 0 fully saturated rings. The average molecular weight is 287 g/mol. The maximum Gasteiger partial charge on any atom is -0.00135 e. The minimum absolute atomic E-state index is 0. The van der Waals surface area contributed by atoms with Gasteiger partial charge in [0.05, 0.1) is 0 Å². The monoisotopic (exact) mass is 288 g/mol. The molecule has 3 rings (SSSR count). The van der Waals surface area contributed by atoms with Gasteiger partial charge < -0.3 is 0 Å². The van der Waals surface area contributed by atoms with Crippen molar-refractivity contribution >= 4 is 23.9 Å². The first kappa shape index (κ1) is 9.78. The summed E-state index contributed by atoms with van der Waals surface area (Å²) < 4.78 is 0. The molecule has 0 atom stereocenters. The second-order valence-corrected chi connectivity index (χ2v) is 3.49. The van der Waals surface area contributed by atoms with Crippen LogP contribution in [0.5, 0.6) is 0 Å². The van der Waals surface area contributed by atoms with Crippen LogP contribution in [-0.2, 0) is 6.42 Å². The minimum Gasteiger partial charge on any atom is -0.0619 e. The van der Waals surface area contributed by atoms with E-state index >= 15 is 0 Å². The van der Waals surface area contributed by atoms with Gasteiger partial charge in [0.15, 0.2) is 0 Å². The van der Waals surface area contributed by atoms with Gasteiger partial charge >= 0.3 is 23.9 Å². The van der Waals surface area contributed by atoms with Crippen molar-refractivity contribution in [3.63, 3.8) is 0 Å². The molecule has 1 aliphatic carbocycles. The van der Waals surface area contributed by atoms with Gasteiger partial charge in [-0.15, -0.1) is 0 Å². The van der Waals surface area contributed by atoms with Crippen LogP contribution in [-0.4, -0.2) is 23.9 Å². The molecule has 0 N–H and O–H groups in total. The first-order chi connectivity index (χ1) is 6.45. The molecule has 2 aromatic carbocycles. The molecule has 1 aliphatic rings. The second-order valence-electron chi connectivity index (χ2n) is 3.49. The molecule has 2 radical (unpaired) electrons. The largest absolute Gasteiger partial charge is 0.0619 e. The van der Waals surface area contributed by atoms with Crippen molar-refractivity contribution in [3.8, 4) is 11.1 Å². The number of hydrogen-bond donors (Lipinski definition) is 0. The van der Waals surface area contributed by atoms with Crippen molar-refractivity contribution in [2.24, 2.45) is 0 Å². The Kier molecular flexibility index (Phi) is 2.64. The molecular weight excluding hydrogens is 275 g/mol. The molecule has 0 spiro atoms. The predicted octanol–water partition coefficient (Wildman–Crippen LogP) is 2.34. The third kappa shape index (κ3) is 1.38. The van der Waals surface area contributed by atoms with Gasteiger partial charge in [0.2, 0.25) is 0 Å². The van der Waals surface area contributed by atoms with Crippen molar-refractivity contribution in [3.05, 3.63) is 59.7 Å². The van der Waals surface area contributed by atoms with Crippen LogP contribution in [0.15, 0.2) is 48.5 Å². The fourth-order valence-electron chi connectivity index (χ4n) is 2.08. The molecule has 2 aromatic rings. The first-order valence-electron chi connectivity index (χ1n) is 4.61. The van der Waals surface area contributed by atoms with Crippen LogP contribution in [0, 0.1) is 0 Å². The third-order valence-corrected chi connectivity index (χ3v) is 2.71. The fraction of sp³-hybridized carbons (Fsp3) is 0.0769. The van der Waals surface area contributed by atoms with E-state index in [0.29, 0.717) is 0 Å². The molecule has 0 aliphatic heterocycles. The summed E-state index contributed by atoms with van der Waals surface area (Å²) in [4.78, 5) is 0. The van der Waals surface area contributed by atoms with Crippen molar-refractivity contribution < 1.29 is 0 Å². The molecule has 0 heterocycles. The Morgan fingerprint density at radius 3 is 1.57 bits per heavy atom. The Morgan fingerprint density at radius 2 is 1.07 bits per heavy atom. The average Bonchev–Trinajstić information content (AvgIpc) is 2.56. The molecule has 0 bridgehead atoms. The smallest absolute Gasteiger partial charge is 0.00135 e. The molecule has 0 amide bonds. The van der Waals surface area contributed by atoms with Crippen LogP contribution in [0.4, 0.5) is 0 Å². The summed E-state index contributed by atoms with van der Waals surface area (Å²) in [7, 11) is 0. The molecule has 68 valence electrons. The standard InChI is InChI=1S/C13H10.Sn.2H/c1-3-7-12-10(5-1)9-11-6-2-4-8-13(11)12;;;/h1-8H,9H2;;;. The van der Waals surface area contributed by atoms with E-state index in [9.17, 15) is 0 Å². The van der Waals surface area contributed by atoms with Crippen LogP contribution < -0.4 is 0 Å². The predicted molar refractivity (Wildman–Crippen MR) is 63.2 cm³/mol. The van der Waals surface area contributed by atoms with Gasteiger partial charge in [0.1, 0.15) is 0 Å².